The Kier molecular flexibility index (Phi) is 5.71. The lowest BCUT2D eigenvalue weighted by Gasteiger charge is -2.11. The van der Waals surface area contributed by atoms with Crippen LogP contribution in [0.3, 0.4) is 0 Å². The van der Waals surface area contributed by atoms with Crippen LogP contribution >= 0.6 is 0 Å². The smallest absolute Gasteiger partial charge is 0.259 e. The van der Waals surface area contributed by atoms with E-state index in [2.05, 4.69) is 41.6 Å². The standard InChI is InChI=1S/C22H23N3O2/c1-15(2)16-8-10-17(11-9-16)24-21-13-12-18(14-23-21)25-22(26)19-6-4-5-7-20(19)27-3/h4-15H,1-3H3,(H,23,24)(H,25,26). The summed E-state index contributed by atoms with van der Waals surface area (Å²) in [5.74, 6) is 1.51. The average Bonchev–Trinajstić information content (AvgIpc) is 2.69. The zero-order valence-corrected chi connectivity index (χ0v) is 15.7. The number of hydrogen-bond acceptors (Lipinski definition) is 4. The van der Waals surface area contributed by atoms with Gasteiger partial charge in [-0.25, -0.2) is 4.98 Å². The lowest BCUT2D eigenvalue weighted by atomic mass is 10.0. The number of benzene rings is 2. The minimum Gasteiger partial charge on any atom is -0.496 e. The average molecular weight is 361 g/mol. The van der Waals surface area contributed by atoms with Gasteiger partial charge in [0.05, 0.1) is 24.6 Å². The number of carbonyl (C=O) groups excluding carboxylic acids is 1. The molecule has 0 radical (unpaired) electrons. The zero-order valence-electron chi connectivity index (χ0n) is 15.7. The Balaban J connectivity index is 1.65. The molecular weight excluding hydrogens is 338 g/mol. The largest absolute Gasteiger partial charge is 0.496 e. The predicted molar refractivity (Wildman–Crippen MR) is 109 cm³/mol. The van der Waals surface area contributed by atoms with E-state index in [4.69, 9.17) is 4.74 Å². The zero-order chi connectivity index (χ0) is 19.2. The maximum Gasteiger partial charge on any atom is 0.259 e. The van der Waals surface area contributed by atoms with Crippen LogP contribution in [-0.4, -0.2) is 18.0 Å². The van der Waals surface area contributed by atoms with E-state index in [1.165, 1.54) is 5.56 Å². The van der Waals surface area contributed by atoms with Crippen LogP contribution in [0.15, 0.2) is 66.9 Å². The molecule has 27 heavy (non-hydrogen) atoms. The number of aromatic nitrogens is 1. The fourth-order valence-electron chi connectivity index (χ4n) is 2.67. The van der Waals surface area contributed by atoms with Gasteiger partial charge in [0.25, 0.3) is 5.91 Å². The van der Waals surface area contributed by atoms with Gasteiger partial charge in [-0.1, -0.05) is 38.1 Å². The number of amides is 1. The van der Waals surface area contributed by atoms with Crippen molar-refractivity contribution < 1.29 is 9.53 Å². The van der Waals surface area contributed by atoms with E-state index in [0.29, 0.717) is 28.7 Å². The van der Waals surface area contributed by atoms with Gasteiger partial charge in [-0.05, 0) is 47.9 Å². The van der Waals surface area contributed by atoms with Gasteiger partial charge >= 0.3 is 0 Å². The highest BCUT2D eigenvalue weighted by atomic mass is 16.5. The fourth-order valence-corrected chi connectivity index (χ4v) is 2.67. The van der Waals surface area contributed by atoms with E-state index in [1.807, 2.05) is 30.3 Å². The highest BCUT2D eigenvalue weighted by molar-refractivity contribution is 6.06. The molecule has 2 N–H and O–H groups in total. The second-order valence-corrected chi connectivity index (χ2v) is 6.49. The highest BCUT2D eigenvalue weighted by Crippen LogP contribution is 2.22. The Morgan fingerprint density at radius 3 is 2.30 bits per heavy atom. The summed E-state index contributed by atoms with van der Waals surface area (Å²) in [6, 6.07) is 19.0. The van der Waals surface area contributed by atoms with Gasteiger partial charge < -0.3 is 15.4 Å². The van der Waals surface area contributed by atoms with Crippen LogP contribution in [0.25, 0.3) is 0 Å². The van der Waals surface area contributed by atoms with Crippen molar-refractivity contribution in [2.45, 2.75) is 19.8 Å². The second kappa shape index (κ2) is 8.36. The molecule has 0 aliphatic heterocycles. The van der Waals surface area contributed by atoms with Gasteiger partial charge in [-0.15, -0.1) is 0 Å². The number of nitrogens with one attached hydrogen (secondary N) is 2. The normalized spacial score (nSPS) is 10.5. The Bertz CT molecular complexity index is 904. The SMILES string of the molecule is COc1ccccc1C(=O)Nc1ccc(Nc2ccc(C(C)C)cc2)nc1. The van der Waals surface area contributed by atoms with E-state index in [-0.39, 0.29) is 5.91 Å². The number of hydrogen-bond donors (Lipinski definition) is 2. The van der Waals surface area contributed by atoms with E-state index in [1.54, 1.807) is 31.5 Å². The summed E-state index contributed by atoms with van der Waals surface area (Å²) in [6.07, 6.45) is 1.62. The van der Waals surface area contributed by atoms with E-state index in [0.717, 1.165) is 5.69 Å². The van der Waals surface area contributed by atoms with E-state index < -0.39 is 0 Å². The molecular formula is C22H23N3O2. The Labute approximate surface area is 159 Å². The molecule has 0 fully saturated rings. The van der Waals surface area contributed by atoms with Crippen molar-refractivity contribution in [2.24, 2.45) is 0 Å². The van der Waals surface area contributed by atoms with Gasteiger partial charge in [0, 0.05) is 5.69 Å². The van der Waals surface area contributed by atoms with E-state index >= 15 is 0 Å². The molecule has 5 heteroatoms. The summed E-state index contributed by atoms with van der Waals surface area (Å²) < 4.78 is 5.23. The van der Waals surface area contributed by atoms with Crippen molar-refractivity contribution in [2.75, 3.05) is 17.7 Å². The van der Waals surface area contributed by atoms with E-state index in [9.17, 15) is 4.79 Å². The molecule has 3 rings (SSSR count). The third-order valence-electron chi connectivity index (χ3n) is 4.22. The first-order valence-corrected chi connectivity index (χ1v) is 8.84. The molecule has 1 amide bonds. The maximum absolute atomic E-state index is 12.4. The molecule has 3 aromatic rings. The molecule has 138 valence electrons. The van der Waals surface area contributed by atoms with Crippen LogP contribution in [0.4, 0.5) is 17.2 Å². The monoisotopic (exact) mass is 361 g/mol. The summed E-state index contributed by atoms with van der Waals surface area (Å²) in [5.41, 5.74) is 3.36. The van der Waals surface area contributed by atoms with Gasteiger partial charge in [0.1, 0.15) is 11.6 Å². The first-order chi connectivity index (χ1) is 13.1. The number of anilines is 3. The molecule has 0 saturated heterocycles. The molecule has 0 atom stereocenters. The Morgan fingerprint density at radius 1 is 0.963 bits per heavy atom. The molecule has 0 unspecified atom stereocenters. The number of para-hydroxylation sites is 1. The molecule has 0 aliphatic rings. The van der Waals surface area contributed by atoms with Crippen LogP contribution in [-0.2, 0) is 0 Å². The van der Waals surface area contributed by atoms with Crippen molar-refractivity contribution in [3.8, 4) is 5.75 Å². The molecule has 0 spiro atoms. The van der Waals surface area contributed by atoms with Crippen LogP contribution in [0.2, 0.25) is 0 Å². The van der Waals surface area contributed by atoms with Crippen molar-refractivity contribution >= 4 is 23.1 Å². The summed E-state index contributed by atoms with van der Waals surface area (Å²) >= 11 is 0. The van der Waals surface area contributed by atoms with Crippen molar-refractivity contribution in [3.63, 3.8) is 0 Å². The third-order valence-corrected chi connectivity index (χ3v) is 4.22. The lowest BCUT2D eigenvalue weighted by Crippen LogP contribution is -2.13. The van der Waals surface area contributed by atoms with Crippen LogP contribution in [0.5, 0.6) is 5.75 Å². The summed E-state index contributed by atoms with van der Waals surface area (Å²) in [5, 5.41) is 6.09. The van der Waals surface area contributed by atoms with Crippen molar-refractivity contribution in [1.82, 2.24) is 4.98 Å². The first-order valence-electron chi connectivity index (χ1n) is 8.84. The van der Waals surface area contributed by atoms with Gasteiger partial charge in [0.2, 0.25) is 0 Å². The lowest BCUT2D eigenvalue weighted by molar-refractivity contribution is 0.102. The second-order valence-electron chi connectivity index (χ2n) is 6.49. The molecule has 0 saturated carbocycles. The molecule has 1 aromatic heterocycles. The number of nitrogens with zero attached hydrogens (tertiary/aromatic N) is 1. The number of ether oxygens (including phenoxy) is 1. The van der Waals surface area contributed by atoms with Gasteiger partial charge in [-0.2, -0.15) is 0 Å². The first kappa shape index (κ1) is 18.5. The van der Waals surface area contributed by atoms with Crippen molar-refractivity contribution in [3.05, 3.63) is 78.0 Å². The minimum atomic E-state index is -0.237. The molecule has 0 aliphatic carbocycles. The highest BCUT2D eigenvalue weighted by Gasteiger charge is 2.11. The van der Waals surface area contributed by atoms with Gasteiger partial charge in [0.15, 0.2) is 0 Å². The Morgan fingerprint density at radius 2 is 1.67 bits per heavy atom. The molecule has 0 bridgehead atoms. The number of rotatable bonds is 6. The topological polar surface area (TPSA) is 63.2 Å². The minimum absolute atomic E-state index is 0.237. The molecule has 2 aromatic carbocycles. The van der Waals surface area contributed by atoms with Crippen LogP contribution in [0, 0.1) is 0 Å². The summed E-state index contributed by atoms with van der Waals surface area (Å²) in [4.78, 5) is 16.8. The quantitative estimate of drug-likeness (QED) is 0.633. The fraction of sp³-hybridized carbons (Fsp3) is 0.182. The summed E-state index contributed by atoms with van der Waals surface area (Å²) in [7, 11) is 1.54. The number of carbonyl (C=O) groups is 1. The number of pyridine rings is 1. The predicted octanol–water partition coefficient (Wildman–Crippen LogP) is 5.21. The molecule has 5 nitrogen and oxygen atoms in total. The Hall–Kier alpha value is -3.34. The van der Waals surface area contributed by atoms with Crippen molar-refractivity contribution in [1.29, 1.82) is 0 Å². The summed E-state index contributed by atoms with van der Waals surface area (Å²) in [6.45, 7) is 4.34. The molecule has 1 heterocycles. The van der Waals surface area contributed by atoms with Crippen LogP contribution in [0.1, 0.15) is 35.7 Å². The maximum atomic E-state index is 12.4. The van der Waals surface area contributed by atoms with Crippen LogP contribution < -0.4 is 15.4 Å². The number of methoxy groups -OCH3 is 1. The third kappa shape index (κ3) is 4.64. The van der Waals surface area contributed by atoms with Gasteiger partial charge in [-0.3, -0.25) is 4.79 Å².